The van der Waals surface area contributed by atoms with Crippen molar-refractivity contribution in [3.05, 3.63) is 41.4 Å². The van der Waals surface area contributed by atoms with Gasteiger partial charge in [-0.25, -0.2) is 23.4 Å². The number of hydrogen-bond acceptors (Lipinski definition) is 10. The van der Waals surface area contributed by atoms with Crippen molar-refractivity contribution in [2.45, 2.75) is 50.2 Å². The Labute approximate surface area is 214 Å². The molecule has 194 valence electrons. The lowest BCUT2D eigenvalue weighted by Crippen LogP contribution is -2.34. The molecule has 3 aromatic heterocycles. The number of halogens is 1. The van der Waals surface area contributed by atoms with Gasteiger partial charge in [-0.3, -0.25) is 9.29 Å². The van der Waals surface area contributed by atoms with E-state index in [4.69, 9.17) is 25.8 Å². The summed E-state index contributed by atoms with van der Waals surface area (Å²) in [6, 6.07) is 5.24. The van der Waals surface area contributed by atoms with Crippen LogP contribution in [0.5, 0.6) is 5.88 Å². The van der Waals surface area contributed by atoms with Crippen LogP contribution in [0.1, 0.15) is 38.1 Å². The first-order chi connectivity index (χ1) is 17.3. The molecule has 1 fully saturated rings. The Morgan fingerprint density at radius 3 is 2.67 bits per heavy atom. The molecule has 0 aliphatic carbocycles. The fourth-order valence-electron chi connectivity index (χ4n) is 3.91. The Balaban J connectivity index is 1.66. The van der Waals surface area contributed by atoms with Gasteiger partial charge in [-0.05, 0) is 32.3 Å². The van der Waals surface area contributed by atoms with Crippen molar-refractivity contribution in [3.63, 3.8) is 0 Å². The molecule has 0 saturated carbocycles. The third-order valence-electron chi connectivity index (χ3n) is 5.87. The Hall–Kier alpha value is -2.87. The average Bonchev–Trinajstić information content (AvgIpc) is 3.27. The maximum Gasteiger partial charge on any atom is 0.240 e. The predicted molar refractivity (Wildman–Crippen MR) is 132 cm³/mol. The van der Waals surface area contributed by atoms with E-state index in [2.05, 4.69) is 29.9 Å². The Kier molecular flexibility index (Phi) is 8.34. The number of methoxy groups -OCH3 is 2. The highest BCUT2D eigenvalue weighted by atomic mass is 35.5. The summed E-state index contributed by atoms with van der Waals surface area (Å²) in [6.07, 6.45) is 4.56. The third kappa shape index (κ3) is 5.91. The van der Waals surface area contributed by atoms with Crippen LogP contribution in [0.2, 0.25) is 5.02 Å². The predicted octanol–water partition coefficient (Wildman–Crippen LogP) is 2.88. The Morgan fingerprint density at radius 2 is 2.00 bits per heavy atom. The van der Waals surface area contributed by atoms with E-state index in [1.165, 1.54) is 33.5 Å². The number of rotatable bonds is 10. The summed E-state index contributed by atoms with van der Waals surface area (Å²) in [6.45, 7) is 2.50. The molecule has 0 radical (unpaired) electrons. The lowest BCUT2D eigenvalue weighted by molar-refractivity contribution is 0.00650. The molecule has 12 nitrogen and oxygen atoms in total. The number of ether oxygens (including phenoxy) is 3. The van der Waals surface area contributed by atoms with E-state index in [1.807, 2.05) is 0 Å². The second-order valence-corrected chi connectivity index (χ2v) is 10.8. The maximum atomic E-state index is 13.4. The molecule has 3 atom stereocenters. The van der Waals surface area contributed by atoms with Gasteiger partial charge in [0.25, 0.3) is 0 Å². The monoisotopic (exact) mass is 537 g/mol. The van der Waals surface area contributed by atoms with Gasteiger partial charge in [-0.2, -0.15) is 0 Å². The fraction of sp³-hybridized carbons (Fsp3) is 0.500. The van der Waals surface area contributed by atoms with E-state index in [-0.39, 0.29) is 17.9 Å². The zero-order chi connectivity index (χ0) is 25.7. The first-order valence-electron chi connectivity index (χ1n) is 11.4. The molecule has 2 unspecified atom stereocenters. The van der Waals surface area contributed by atoms with E-state index in [0.29, 0.717) is 35.6 Å². The van der Waals surface area contributed by atoms with Crippen LogP contribution in [-0.2, 0) is 26.0 Å². The van der Waals surface area contributed by atoms with Gasteiger partial charge in [-0.15, -0.1) is 10.2 Å². The lowest BCUT2D eigenvalue weighted by atomic mass is 10.1. The van der Waals surface area contributed by atoms with Gasteiger partial charge in [0.1, 0.15) is 17.0 Å². The molecule has 1 N–H and O–H groups in total. The molecule has 0 amide bonds. The van der Waals surface area contributed by atoms with Gasteiger partial charge in [-0.1, -0.05) is 17.7 Å². The molecule has 1 aliphatic heterocycles. The van der Waals surface area contributed by atoms with Crippen molar-refractivity contribution < 1.29 is 22.6 Å². The molecule has 0 spiro atoms. The van der Waals surface area contributed by atoms with E-state index >= 15 is 0 Å². The SMILES string of the molecule is COc1cccc(-c2nnc(NS(=O)(=O)C(C)C(OC)c3ncc(Cl)cn3)n2C[C@@H]2CCCCO2)n1. The average molecular weight is 538 g/mol. The van der Waals surface area contributed by atoms with Gasteiger partial charge in [0.05, 0.1) is 24.8 Å². The van der Waals surface area contributed by atoms with Crippen LogP contribution in [0.25, 0.3) is 11.5 Å². The van der Waals surface area contributed by atoms with Crippen LogP contribution in [0.3, 0.4) is 0 Å². The molecule has 1 saturated heterocycles. The Morgan fingerprint density at radius 1 is 1.22 bits per heavy atom. The minimum atomic E-state index is -4.03. The molecule has 4 rings (SSSR count). The van der Waals surface area contributed by atoms with Gasteiger partial charge in [0.15, 0.2) is 11.6 Å². The highest BCUT2D eigenvalue weighted by molar-refractivity contribution is 7.93. The topological polar surface area (TPSA) is 143 Å². The molecule has 3 aromatic rings. The maximum absolute atomic E-state index is 13.4. The second-order valence-electron chi connectivity index (χ2n) is 8.28. The summed E-state index contributed by atoms with van der Waals surface area (Å²) in [5.74, 6) is 1.02. The summed E-state index contributed by atoms with van der Waals surface area (Å²) < 4.78 is 47.6. The first-order valence-corrected chi connectivity index (χ1v) is 13.3. The summed E-state index contributed by atoms with van der Waals surface area (Å²) in [4.78, 5) is 12.7. The number of anilines is 1. The first kappa shape index (κ1) is 26.2. The summed E-state index contributed by atoms with van der Waals surface area (Å²) in [5.41, 5.74) is 0.487. The van der Waals surface area contributed by atoms with Crippen LogP contribution in [0, 0.1) is 0 Å². The van der Waals surface area contributed by atoms with E-state index in [0.717, 1.165) is 19.3 Å². The van der Waals surface area contributed by atoms with Gasteiger partial charge in [0, 0.05) is 32.2 Å². The van der Waals surface area contributed by atoms with Crippen LogP contribution in [0.15, 0.2) is 30.6 Å². The normalized spacial score (nSPS) is 17.9. The number of hydrogen-bond donors (Lipinski definition) is 1. The highest BCUT2D eigenvalue weighted by Crippen LogP contribution is 2.28. The summed E-state index contributed by atoms with van der Waals surface area (Å²) in [7, 11) is -1.11. The van der Waals surface area contributed by atoms with Crippen molar-refractivity contribution in [1.82, 2.24) is 29.7 Å². The van der Waals surface area contributed by atoms with Crippen molar-refractivity contribution in [1.29, 1.82) is 0 Å². The van der Waals surface area contributed by atoms with Gasteiger partial charge >= 0.3 is 0 Å². The van der Waals surface area contributed by atoms with Crippen LogP contribution in [0.4, 0.5) is 5.95 Å². The van der Waals surface area contributed by atoms with Gasteiger partial charge in [0.2, 0.25) is 21.9 Å². The highest BCUT2D eigenvalue weighted by Gasteiger charge is 2.34. The standard InChI is InChI=1S/C22H28ClN7O5S/c1-14(19(34-3)20-24-11-15(23)12-25-20)36(31,32)29-22-28-27-21(17-8-6-9-18(26-17)33-2)30(22)13-16-7-4-5-10-35-16/h6,8-9,11-12,14,16,19H,4-5,7,10,13H2,1-3H3,(H,28,29)/t14?,16-,19?/m0/s1. The van der Waals surface area contributed by atoms with Crippen molar-refractivity contribution in [2.75, 3.05) is 25.5 Å². The zero-order valence-electron chi connectivity index (χ0n) is 20.2. The second kappa shape index (κ2) is 11.5. The van der Waals surface area contributed by atoms with E-state index in [9.17, 15) is 8.42 Å². The molecule has 0 aromatic carbocycles. The van der Waals surface area contributed by atoms with Crippen LogP contribution >= 0.6 is 11.6 Å². The number of pyridine rings is 1. The smallest absolute Gasteiger partial charge is 0.240 e. The van der Waals surface area contributed by atoms with Crippen LogP contribution in [-0.4, -0.2) is 70.3 Å². The number of nitrogens with zero attached hydrogens (tertiary/aromatic N) is 6. The Bertz CT molecular complexity index is 1270. The molecule has 0 bridgehead atoms. The molecule has 36 heavy (non-hydrogen) atoms. The van der Waals surface area contributed by atoms with E-state index in [1.54, 1.807) is 22.8 Å². The fourth-order valence-corrected chi connectivity index (χ4v) is 5.16. The molecule has 4 heterocycles. The minimum absolute atomic E-state index is 0.0440. The van der Waals surface area contributed by atoms with Crippen molar-refractivity contribution >= 4 is 27.6 Å². The van der Waals surface area contributed by atoms with Crippen molar-refractivity contribution in [3.8, 4) is 17.4 Å². The molecular weight excluding hydrogens is 510 g/mol. The largest absolute Gasteiger partial charge is 0.481 e. The summed E-state index contributed by atoms with van der Waals surface area (Å²) in [5, 5.41) is 7.65. The lowest BCUT2D eigenvalue weighted by Gasteiger charge is -2.25. The number of nitrogens with one attached hydrogen (secondary N) is 1. The minimum Gasteiger partial charge on any atom is -0.481 e. The third-order valence-corrected chi connectivity index (χ3v) is 7.76. The zero-order valence-corrected chi connectivity index (χ0v) is 21.7. The van der Waals surface area contributed by atoms with Gasteiger partial charge < -0.3 is 14.2 Å². The molecule has 14 heteroatoms. The summed E-state index contributed by atoms with van der Waals surface area (Å²) >= 11 is 5.87. The van der Waals surface area contributed by atoms with Crippen LogP contribution < -0.4 is 9.46 Å². The molecular formula is C22H28ClN7O5S. The number of aromatic nitrogens is 6. The molecule has 1 aliphatic rings. The number of sulfonamides is 1. The quantitative estimate of drug-likeness (QED) is 0.410. The van der Waals surface area contributed by atoms with Crippen molar-refractivity contribution in [2.24, 2.45) is 0 Å². The van der Waals surface area contributed by atoms with E-state index < -0.39 is 21.4 Å².